The number of carbonyl (C=O) groups is 3. The smallest absolute Gasteiger partial charge is 0.242 e. The Balaban J connectivity index is 1.51. The number of ether oxygens (including phenoxy) is 1. The van der Waals surface area contributed by atoms with Crippen LogP contribution in [0.1, 0.15) is 20.8 Å². The van der Waals surface area contributed by atoms with E-state index in [-0.39, 0.29) is 35.5 Å². The maximum atomic E-state index is 13.3. The lowest BCUT2D eigenvalue weighted by Crippen LogP contribution is -2.49. The lowest BCUT2D eigenvalue weighted by atomic mass is 10.2. The van der Waals surface area contributed by atoms with Crippen LogP contribution < -0.4 is 10.6 Å². The van der Waals surface area contributed by atoms with Crippen LogP contribution in [0.25, 0.3) is 10.9 Å². The second-order valence-corrected chi connectivity index (χ2v) is 11.2. The van der Waals surface area contributed by atoms with Gasteiger partial charge in [0.05, 0.1) is 17.1 Å². The maximum absolute atomic E-state index is 13.3. The van der Waals surface area contributed by atoms with Gasteiger partial charge in [0.2, 0.25) is 17.7 Å². The first-order valence-electron chi connectivity index (χ1n) is 11.9. The van der Waals surface area contributed by atoms with Crippen molar-refractivity contribution in [2.24, 2.45) is 0 Å². The fourth-order valence-electron chi connectivity index (χ4n) is 4.51. The van der Waals surface area contributed by atoms with Crippen LogP contribution in [0.15, 0.2) is 59.6 Å². The summed E-state index contributed by atoms with van der Waals surface area (Å²) < 4.78 is 33.9. The molecule has 1 aliphatic heterocycles. The van der Waals surface area contributed by atoms with Gasteiger partial charge in [0.1, 0.15) is 12.3 Å². The van der Waals surface area contributed by atoms with Gasteiger partial charge >= 0.3 is 0 Å². The minimum absolute atomic E-state index is 0.00392. The molecule has 0 aliphatic carbocycles. The number of sulfone groups is 1. The second kappa shape index (κ2) is 10.7. The van der Waals surface area contributed by atoms with Crippen molar-refractivity contribution in [2.45, 2.75) is 44.4 Å². The monoisotopic (exact) mass is 526 g/mol. The molecule has 1 fully saturated rings. The van der Waals surface area contributed by atoms with Crippen molar-refractivity contribution in [1.29, 1.82) is 0 Å². The van der Waals surface area contributed by atoms with Crippen molar-refractivity contribution < 1.29 is 27.5 Å². The van der Waals surface area contributed by atoms with Crippen LogP contribution in [0.2, 0.25) is 0 Å². The SMILES string of the molecule is CC(=O)Nc1ccc(NC(=O)CS(=O)(=O)c2cn(CC(=O)N3CC(C)OC(C)C3)c3ccccc23)cc1. The number of aromatic nitrogens is 1. The van der Waals surface area contributed by atoms with Crippen LogP contribution in [0, 0.1) is 0 Å². The Labute approximate surface area is 215 Å². The van der Waals surface area contributed by atoms with Gasteiger partial charge in [-0.05, 0) is 44.2 Å². The summed E-state index contributed by atoms with van der Waals surface area (Å²) in [6.45, 7) is 6.13. The summed E-state index contributed by atoms with van der Waals surface area (Å²) in [4.78, 5) is 38.5. The normalized spacial score (nSPS) is 18.0. The topological polar surface area (TPSA) is 127 Å². The lowest BCUT2D eigenvalue weighted by Gasteiger charge is -2.35. The molecule has 4 rings (SSSR count). The zero-order chi connectivity index (χ0) is 26.7. The van der Waals surface area contributed by atoms with Crippen LogP contribution in [-0.4, -0.2) is 66.7 Å². The number of benzene rings is 2. The summed E-state index contributed by atoms with van der Waals surface area (Å²) >= 11 is 0. The Kier molecular flexibility index (Phi) is 7.65. The molecular weight excluding hydrogens is 496 g/mol. The molecule has 37 heavy (non-hydrogen) atoms. The van der Waals surface area contributed by atoms with E-state index in [1.165, 1.54) is 13.1 Å². The van der Waals surface area contributed by atoms with Crippen LogP contribution in [0.3, 0.4) is 0 Å². The van der Waals surface area contributed by atoms with Gasteiger partial charge in [0, 0.05) is 48.5 Å². The van der Waals surface area contributed by atoms with Crippen molar-refractivity contribution in [3.63, 3.8) is 0 Å². The molecule has 2 atom stereocenters. The number of nitrogens with one attached hydrogen (secondary N) is 2. The van der Waals surface area contributed by atoms with Crippen LogP contribution in [0.5, 0.6) is 0 Å². The van der Waals surface area contributed by atoms with Crippen LogP contribution >= 0.6 is 0 Å². The molecule has 11 heteroatoms. The summed E-state index contributed by atoms with van der Waals surface area (Å²) in [6.07, 6.45) is 1.27. The quantitative estimate of drug-likeness (QED) is 0.487. The lowest BCUT2D eigenvalue weighted by molar-refractivity contribution is -0.143. The number of para-hydroxylation sites is 1. The molecule has 2 heterocycles. The third-order valence-electron chi connectivity index (χ3n) is 5.98. The van der Waals surface area contributed by atoms with E-state index < -0.39 is 21.5 Å². The number of hydrogen-bond donors (Lipinski definition) is 2. The number of nitrogens with zero attached hydrogens (tertiary/aromatic N) is 2. The zero-order valence-electron chi connectivity index (χ0n) is 20.9. The number of morpholine rings is 1. The zero-order valence-corrected chi connectivity index (χ0v) is 21.7. The van der Waals surface area contributed by atoms with E-state index in [0.717, 1.165) is 0 Å². The Hall–Kier alpha value is -3.70. The van der Waals surface area contributed by atoms with E-state index in [2.05, 4.69) is 10.6 Å². The minimum atomic E-state index is -4.02. The summed E-state index contributed by atoms with van der Waals surface area (Å²) in [5, 5.41) is 5.65. The highest BCUT2D eigenvalue weighted by Crippen LogP contribution is 2.27. The highest BCUT2D eigenvalue weighted by molar-refractivity contribution is 7.92. The third-order valence-corrected chi connectivity index (χ3v) is 7.61. The van der Waals surface area contributed by atoms with Gasteiger partial charge in [-0.1, -0.05) is 18.2 Å². The largest absolute Gasteiger partial charge is 0.372 e. The highest BCUT2D eigenvalue weighted by Gasteiger charge is 2.28. The van der Waals surface area contributed by atoms with Gasteiger partial charge in [-0.25, -0.2) is 8.42 Å². The summed E-state index contributed by atoms with van der Waals surface area (Å²) in [6, 6.07) is 13.3. The molecule has 2 N–H and O–H groups in total. The molecule has 1 aromatic heterocycles. The fraction of sp³-hybridized carbons (Fsp3) is 0.346. The van der Waals surface area contributed by atoms with Crippen molar-refractivity contribution >= 4 is 49.8 Å². The van der Waals surface area contributed by atoms with Crippen LogP contribution in [-0.2, 0) is 35.5 Å². The van der Waals surface area contributed by atoms with Crippen molar-refractivity contribution in [3.8, 4) is 0 Å². The Morgan fingerprint density at radius 1 is 0.946 bits per heavy atom. The minimum Gasteiger partial charge on any atom is -0.372 e. The number of rotatable bonds is 7. The number of hydrogen-bond acceptors (Lipinski definition) is 6. The van der Waals surface area contributed by atoms with E-state index in [1.807, 2.05) is 13.8 Å². The third kappa shape index (κ3) is 6.36. The molecule has 0 saturated carbocycles. The molecular formula is C26H30N4O6S. The van der Waals surface area contributed by atoms with E-state index in [9.17, 15) is 22.8 Å². The van der Waals surface area contributed by atoms with Crippen molar-refractivity contribution in [2.75, 3.05) is 29.5 Å². The Morgan fingerprint density at radius 3 is 2.16 bits per heavy atom. The fourth-order valence-corrected chi connectivity index (χ4v) is 5.87. The molecule has 1 aliphatic rings. The highest BCUT2D eigenvalue weighted by atomic mass is 32.2. The first kappa shape index (κ1) is 26.4. The van der Waals surface area contributed by atoms with Gasteiger partial charge in [-0.15, -0.1) is 0 Å². The molecule has 2 aromatic carbocycles. The van der Waals surface area contributed by atoms with E-state index in [1.54, 1.807) is 58.0 Å². The van der Waals surface area contributed by atoms with Gasteiger partial charge < -0.3 is 24.8 Å². The van der Waals surface area contributed by atoms with E-state index >= 15 is 0 Å². The molecule has 1 saturated heterocycles. The Bertz CT molecular complexity index is 1420. The summed E-state index contributed by atoms with van der Waals surface area (Å²) in [7, 11) is -4.02. The average molecular weight is 527 g/mol. The maximum Gasteiger partial charge on any atom is 0.242 e. The molecule has 3 amide bonds. The number of anilines is 2. The molecule has 196 valence electrons. The van der Waals surface area contributed by atoms with Gasteiger partial charge in [0.15, 0.2) is 9.84 Å². The van der Waals surface area contributed by atoms with Gasteiger partial charge in [-0.3, -0.25) is 14.4 Å². The van der Waals surface area contributed by atoms with Crippen molar-refractivity contribution in [3.05, 3.63) is 54.7 Å². The second-order valence-electron chi connectivity index (χ2n) is 9.26. The van der Waals surface area contributed by atoms with Crippen molar-refractivity contribution in [1.82, 2.24) is 9.47 Å². The molecule has 0 spiro atoms. The predicted molar refractivity (Wildman–Crippen MR) is 140 cm³/mol. The average Bonchev–Trinajstić information content (AvgIpc) is 3.18. The first-order valence-corrected chi connectivity index (χ1v) is 13.6. The summed E-state index contributed by atoms with van der Waals surface area (Å²) in [5.74, 6) is -1.82. The molecule has 3 aromatic rings. The van der Waals surface area contributed by atoms with Gasteiger partial charge in [0.25, 0.3) is 0 Å². The molecule has 10 nitrogen and oxygen atoms in total. The molecule has 0 bridgehead atoms. The van der Waals surface area contributed by atoms with E-state index in [0.29, 0.717) is 35.4 Å². The standard InChI is InChI=1S/C26H30N4O6S/c1-17-12-30(13-18(2)36-17)26(33)15-29-14-24(22-6-4-5-7-23(22)29)37(34,35)16-25(32)28-21-10-8-20(9-11-21)27-19(3)31/h4-11,14,17-18H,12-13,15-16H2,1-3H3,(H,27,31)(H,28,32). The first-order chi connectivity index (χ1) is 17.5. The Morgan fingerprint density at radius 2 is 1.54 bits per heavy atom. The number of amides is 3. The van der Waals surface area contributed by atoms with E-state index in [4.69, 9.17) is 4.74 Å². The number of carbonyl (C=O) groups excluding carboxylic acids is 3. The number of fused-ring (bicyclic) bond motifs is 1. The molecule has 0 radical (unpaired) electrons. The summed E-state index contributed by atoms with van der Waals surface area (Å²) in [5.41, 5.74) is 1.55. The molecule has 2 unspecified atom stereocenters. The predicted octanol–water partition coefficient (Wildman–Crippen LogP) is 2.65. The van der Waals surface area contributed by atoms with Gasteiger partial charge in [-0.2, -0.15) is 0 Å². The van der Waals surface area contributed by atoms with Crippen LogP contribution in [0.4, 0.5) is 11.4 Å².